The van der Waals surface area contributed by atoms with Crippen molar-refractivity contribution in [1.29, 1.82) is 0 Å². The van der Waals surface area contributed by atoms with Crippen LogP contribution in [0.25, 0.3) is 10.2 Å². The quantitative estimate of drug-likeness (QED) is 0.665. The molecule has 0 N–H and O–H groups in total. The summed E-state index contributed by atoms with van der Waals surface area (Å²) in [5, 5.41) is 0. The van der Waals surface area contributed by atoms with Crippen molar-refractivity contribution in [2.45, 2.75) is 6.54 Å². The molecular weight excluding hydrogens is 352 g/mol. The predicted octanol–water partition coefficient (Wildman–Crippen LogP) is 3.80. The minimum absolute atomic E-state index is 0.328. The molecule has 0 spiro atoms. The van der Waals surface area contributed by atoms with E-state index in [1.165, 1.54) is 22.7 Å². The summed E-state index contributed by atoms with van der Waals surface area (Å²) in [6, 6.07) is 9.01. The SMILES string of the molecule is C#CCn1c(=NC(=O)c2ccc(Cl)s2)sc2cc(OC)ccc21. The van der Waals surface area contributed by atoms with Gasteiger partial charge in [0, 0.05) is 0 Å². The largest absolute Gasteiger partial charge is 0.497 e. The van der Waals surface area contributed by atoms with E-state index in [0.717, 1.165) is 16.0 Å². The topological polar surface area (TPSA) is 43.6 Å². The van der Waals surface area contributed by atoms with Gasteiger partial charge in [0.15, 0.2) is 4.80 Å². The van der Waals surface area contributed by atoms with Crippen LogP contribution in [0.4, 0.5) is 0 Å². The van der Waals surface area contributed by atoms with Gasteiger partial charge in [0.1, 0.15) is 5.75 Å². The third kappa shape index (κ3) is 3.17. The zero-order chi connectivity index (χ0) is 16.4. The zero-order valence-electron chi connectivity index (χ0n) is 12.1. The third-order valence-electron chi connectivity index (χ3n) is 3.12. The second kappa shape index (κ2) is 6.59. The van der Waals surface area contributed by atoms with Crippen molar-refractivity contribution in [1.82, 2.24) is 4.57 Å². The fraction of sp³-hybridized carbons (Fsp3) is 0.125. The van der Waals surface area contributed by atoms with Crippen molar-refractivity contribution in [3.8, 4) is 18.1 Å². The molecule has 2 heterocycles. The number of thiophene rings is 1. The molecule has 0 bridgehead atoms. The highest BCUT2D eigenvalue weighted by molar-refractivity contribution is 7.18. The highest BCUT2D eigenvalue weighted by Gasteiger charge is 2.11. The van der Waals surface area contributed by atoms with E-state index in [-0.39, 0.29) is 5.91 Å². The van der Waals surface area contributed by atoms with Crippen molar-refractivity contribution in [3.05, 3.63) is 44.3 Å². The van der Waals surface area contributed by atoms with Gasteiger partial charge >= 0.3 is 0 Å². The Hall–Kier alpha value is -2.07. The molecule has 3 rings (SSSR count). The van der Waals surface area contributed by atoms with Gasteiger partial charge in [0.25, 0.3) is 5.91 Å². The number of aromatic nitrogens is 1. The molecule has 116 valence electrons. The number of carbonyl (C=O) groups is 1. The first-order valence-corrected chi connectivity index (χ1v) is 8.58. The van der Waals surface area contributed by atoms with Crippen molar-refractivity contribution < 1.29 is 9.53 Å². The number of benzene rings is 1. The van der Waals surface area contributed by atoms with Crippen LogP contribution in [-0.2, 0) is 6.54 Å². The van der Waals surface area contributed by atoms with Crippen LogP contribution in [0.3, 0.4) is 0 Å². The van der Waals surface area contributed by atoms with Gasteiger partial charge < -0.3 is 9.30 Å². The van der Waals surface area contributed by atoms with Crippen LogP contribution < -0.4 is 9.54 Å². The molecule has 2 aromatic heterocycles. The molecule has 0 radical (unpaired) electrons. The van der Waals surface area contributed by atoms with Crippen LogP contribution in [0.1, 0.15) is 9.67 Å². The van der Waals surface area contributed by atoms with Crippen LogP contribution in [-0.4, -0.2) is 17.6 Å². The number of fused-ring (bicyclic) bond motifs is 1. The standard InChI is InChI=1S/C16H11ClN2O2S2/c1-3-8-19-11-5-4-10(21-2)9-13(11)23-16(19)18-15(20)12-6-7-14(17)22-12/h1,4-7,9H,8H2,2H3. The van der Waals surface area contributed by atoms with Crippen LogP contribution in [0, 0.1) is 12.3 Å². The molecule has 0 aliphatic carbocycles. The summed E-state index contributed by atoms with van der Waals surface area (Å²) in [6.45, 7) is 0.337. The number of rotatable bonds is 3. The predicted molar refractivity (Wildman–Crippen MR) is 94.4 cm³/mol. The third-order valence-corrected chi connectivity index (χ3v) is 5.38. The number of hydrogen-bond donors (Lipinski definition) is 0. The van der Waals surface area contributed by atoms with Gasteiger partial charge in [-0.2, -0.15) is 4.99 Å². The molecule has 0 aliphatic rings. The van der Waals surface area contributed by atoms with Crippen molar-refractivity contribution in [2.24, 2.45) is 4.99 Å². The molecule has 0 aliphatic heterocycles. The molecule has 0 saturated heterocycles. The summed E-state index contributed by atoms with van der Waals surface area (Å²) in [5.74, 6) is 3.01. The molecule has 23 heavy (non-hydrogen) atoms. The Kier molecular flexibility index (Phi) is 4.53. The van der Waals surface area contributed by atoms with Crippen LogP contribution in [0.5, 0.6) is 5.75 Å². The molecule has 0 fully saturated rings. The molecule has 7 heteroatoms. The number of carbonyl (C=O) groups excluding carboxylic acids is 1. The maximum Gasteiger partial charge on any atom is 0.289 e. The summed E-state index contributed by atoms with van der Waals surface area (Å²) in [4.78, 5) is 17.6. The van der Waals surface area contributed by atoms with Crippen LogP contribution >= 0.6 is 34.3 Å². The fourth-order valence-corrected chi connectivity index (χ4v) is 4.06. The summed E-state index contributed by atoms with van der Waals surface area (Å²) in [5.41, 5.74) is 0.921. The molecule has 1 amide bonds. The number of thiazole rings is 1. The van der Waals surface area contributed by atoms with E-state index in [0.29, 0.717) is 20.6 Å². The molecular formula is C16H11ClN2O2S2. The molecule has 3 aromatic rings. The molecule has 0 unspecified atom stereocenters. The van der Waals surface area contributed by atoms with Gasteiger partial charge in [-0.15, -0.1) is 17.8 Å². The zero-order valence-corrected chi connectivity index (χ0v) is 14.5. The highest BCUT2D eigenvalue weighted by Crippen LogP contribution is 2.24. The first kappa shape index (κ1) is 15.8. The summed E-state index contributed by atoms with van der Waals surface area (Å²) in [6.07, 6.45) is 5.45. The lowest BCUT2D eigenvalue weighted by Gasteiger charge is -2.01. The average Bonchev–Trinajstić information content (AvgIpc) is 3.11. The Morgan fingerprint density at radius 3 is 2.87 bits per heavy atom. The van der Waals surface area contributed by atoms with Gasteiger partial charge in [-0.05, 0) is 30.3 Å². The monoisotopic (exact) mass is 362 g/mol. The van der Waals surface area contributed by atoms with Crippen LogP contribution in [0.2, 0.25) is 4.34 Å². The lowest BCUT2D eigenvalue weighted by atomic mass is 10.3. The number of nitrogens with zero attached hydrogens (tertiary/aromatic N) is 2. The lowest BCUT2D eigenvalue weighted by molar-refractivity contribution is 0.100. The Bertz CT molecular complexity index is 992. The number of halogens is 1. The lowest BCUT2D eigenvalue weighted by Crippen LogP contribution is -2.16. The van der Waals surface area contributed by atoms with E-state index < -0.39 is 0 Å². The minimum Gasteiger partial charge on any atom is -0.497 e. The van der Waals surface area contributed by atoms with Gasteiger partial charge in [-0.3, -0.25) is 4.79 Å². The Balaban J connectivity index is 2.15. The Morgan fingerprint density at radius 1 is 1.39 bits per heavy atom. The van der Waals surface area contributed by atoms with E-state index in [2.05, 4.69) is 10.9 Å². The summed E-state index contributed by atoms with van der Waals surface area (Å²) >= 11 is 8.47. The van der Waals surface area contributed by atoms with Crippen molar-refractivity contribution in [2.75, 3.05) is 7.11 Å². The van der Waals surface area contributed by atoms with Gasteiger partial charge in [0.2, 0.25) is 0 Å². The van der Waals surface area contributed by atoms with Crippen LogP contribution in [0.15, 0.2) is 35.3 Å². The van der Waals surface area contributed by atoms with Crippen molar-refractivity contribution >= 4 is 50.4 Å². The number of amides is 1. The van der Waals surface area contributed by atoms with Crippen molar-refractivity contribution in [3.63, 3.8) is 0 Å². The van der Waals surface area contributed by atoms with Gasteiger partial charge in [-0.25, -0.2) is 0 Å². The number of ether oxygens (including phenoxy) is 1. The Morgan fingerprint density at radius 2 is 2.22 bits per heavy atom. The number of methoxy groups -OCH3 is 1. The smallest absolute Gasteiger partial charge is 0.289 e. The number of hydrogen-bond acceptors (Lipinski definition) is 4. The Labute approximate surface area is 145 Å². The average molecular weight is 363 g/mol. The maximum atomic E-state index is 12.3. The van der Waals surface area contributed by atoms with E-state index in [4.69, 9.17) is 22.8 Å². The second-order valence-corrected chi connectivity index (χ2v) is 7.25. The van der Waals surface area contributed by atoms with E-state index in [1.807, 2.05) is 22.8 Å². The van der Waals surface area contributed by atoms with E-state index in [1.54, 1.807) is 19.2 Å². The van der Waals surface area contributed by atoms with Gasteiger partial charge in [0.05, 0.1) is 33.1 Å². The van der Waals surface area contributed by atoms with E-state index >= 15 is 0 Å². The highest BCUT2D eigenvalue weighted by atomic mass is 35.5. The summed E-state index contributed by atoms with van der Waals surface area (Å²) in [7, 11) is 1.61. The van der Waals surface area contributed by atoms with E-state index in [9.17, 15) is 4.79 Å². The molecule has 0 atom stereocenters. The number of terminal acetylenes is 1. The minimum atomic E-state index is -0.328. The fourth-order valence-electron chi connectivity index (χ4n) is 2.08. The maximum absolute atomic E-state index is 12.3. The first-order valence-electron chi connectivity index (χ1n) is 6.57. The molecule has 1 aromatic carbocycles. The van der Waals surface area contributed by atoms with Gasteiger partial charge in [-0.1, -0.05) is 28.9 Å². The normalized spacial score (nSPS) is 11.6. The first-order chi connectivity index (χ1) is 11.1. The second-order valence-electron chi connectivity index (χ2n) is 4.53. The molecule has 4 nitrogen and oxygen atoms in total. The summed E-state index contributed by atoms with van der Waals surface area (Å²) < 4.78 is 8.58. The molecule has 0 saturated carbocycles.